The standard InChI is InChI=1S/C21H21NO4S/c1-15-5-11-19(12-6-15)27(24,25)26-18-9-7-16(8-10-18)13-17(14-22)20(23)21(2,3)4/h5-13H,1-4H3/b17-13+. The van der Waals surface area contributed by atoms with Gasteiger partial charge in [0, 0.05) is 5.41 Å². The van der Waals surface area contributed by atoms with E-state index in [2.05, 4.69) is 0 Å². The first-order valence-electron chi connectivity index (χ1n) is 8.31. The average molecular weight is 383 g/mol. The van der Waals surface area contributed by atoms with Crippen molar-refractivity contribution in [1.82, 2.24) is 0 Å². The van der Waals surface area contributed by atoms with Gasteiger partial charge in [0.25, 0.3) is 0 Å². The molecule has 6 heteroatoms. The Hall–Kier alpha value is -2.91. The second-order valence-corrected chi connectivity index (χ2v) is 8.71. The van der Waals surface area contributed by atoms with Crippen molar-refractivity contribution in [3.05, 3.63) is 65.2 Å². The molecule has 0 N–H and O–H groups in total. The number of nitrogens with zero attached hydrogens (tertiary/aromatic N) is 1. The van der Waals surface area contributed by atoms with Crippen LogP contribution in [0.4, 0.5) is 0 Å². The predicted molar refractivity (Wildman–Crippen MR) is 103 cm³/mol. The van der Waals surface area contributed by atoms with Gasteiger partial charge in [-0.2, -0.15) is 13.7 Å². The van der Waals surface area contributed by atoms with Crippen LogP contribution in [-0.4, -0.2) is 14.2 Å². The molecule has 27 heavy (non-hydrogen) atoms. The van der Waals surface area contributed by atoms with Crippen LogP contribution in [0.3, 0.4) is 0 Å². The minimum absolute atomic E-state index is 0.0449. The zero-order valence-corrected chi connectivity index (χ0v) is 16.5. The molecule has 0 bridgehead atoms. The smallest absolute Gasteiger partial charge is 0.339 e. The lowest BCUT2D eigenvalue weighted by Crippen LogP contribution is -2.21. The number of ketones is 1. The molecule has 0 atom stereocenters. The van der Waals surface area contributed by atoms with Crippen molar-refractivity contribution in [1.29, 1.82) is 5.26 Å². The lowest BCUT2D eigenvalue weighted by Gasteiger charge is -2.15. The molecular formula is C21H21NO4S. The van der Waals surface area contributed by atoms with E-state index in [9.17, 15) is 18.5 Å². The summed E-state index contributed by atoms with van der Waals surface area (Å²) in [4.78, 5) is 12.3. The van der Waals surface area contributed by atoms with E-state index < -0.39 is 15.5 Å². The van der Waals surface area contributed by atoms with Gasteiger partial charge >= 0.3 is 10.1 Å². The number of hydrogen-bond donors (Lipinski definition) is 0. The Labute approximate surface area is 160 Å². The maximum absolute atomic E-state index is 12.3. The minimum Gasteiger partial charge on any atom is -0.379 e. The molecule has 2 rings (SSSR count). The fraction of sp³-hybridized carbons (Fsp3) is 0.238. The fourth-order valence-corrected chi connectivity index (χ4v) is 3.15. The first-order chi connectivity index (χ1) is 12.5. The maximum Gasteiger partial charge on any atom is 0.339 e. The van der Waals surface area contributed by atoms with Gasteiger partial charge in [0.1, 0.15) is 16.7 Å². The fourth-order valence-electron chi connectivity index (χ4n) is 2.22. The zero-order valence-electron chi connectivity index (χ0n) is 15.7. The van der Waals surface area contributed by atoms with Crippen molar-refractivity contribution < 1.29 is 17.4 Å². The second-order valence-electron chi connectivity index (χ2n) is 7.17. The van der Waals surface area contributed by atoms with Crippen LogP contribution < -0.4 is 4.18 Å². The van der Waals surface area contributed by atoms with Crippen molar-refractivity contribution >= 4 is 22.0 Å². The quantitative estimate of drug-likeness (QED) is 0.437. The van der Waals surface area contributed by atoms with E-state index in [4.69, 9.17) is 4.18 Å². The molecule has 0 saturated heterocycles. The highest BCUT2D eigenvalue weighted by Crippen LogP contribution is 2.23. The molecular weight excluding hydrogens is 362 g/mol. The van der Waals surface area contributed by atoms with Crippen LogP contribution in [0.15, 0.2) is 59.0 Å². The third kappa shape index (κ3) is 5.28. The van der Waals surface area contributed by atoms with Gasteiger partial charge in [0.05, 0.1) is 5.57 Å². The Morgan fingerprint density at radius 1 is 1.04 bits per heavy atom. The Morgan fingerprint density at radius 2 is 1.59 bits per heavy atom. The first kappa shape index (κ1) is 20.4. The van der Waals surface area contributed by atoms with Crippen molar-refractivity contribution in [2.75, 3.05) is 0 Å². The largest absolute Gasteiger partial charge is 0.379 e. The molecule has 0 spiro atoms. The van der Waals surface area contributed by atoms with E-state index in [0.717, 1.165) is 5.56 Å². The van der Waals surface area contributed by atoms with Crippen LogP contribution >= 0.6 is 0 Å². The summed E-state index contributed by atoms with van der Waals surface area (Å²) in [6.45, 7) is 7.09. The van der Waals surface area contributed by atoms with Crippen LogP contribution in [0, 0.1) is 23.7 Å². The van der Waals surface area contributed by atoms with E-state index in [1.54, 1.807) is 45.0 Å². The van der Waals surface area contributed by atoms with Gasteiger partial charge in [-0.1, -0.05) is 50.6 Å². The van der Waals surface area contributed by atoms with Gasteiger partial charge in [-0.05, 0) is 42.8 Å². The molecule has 2 aromatic carbocycles. The van der Waals surface area contributed by atoms with Crippen LogP contribution in [0.2, 0.25) is 0 Å². The SMILES string of the molecule is Cc1ccc(S(=O)(=O)Oc2ccc(/C=C(\C#N)C(=O)C(C)(C)C)cc2)cc1. The predicted octanol–water partition coefficient (Wildman–Crippen LogP) is 4.28. The first-order valence-corrected chi connectivity index (χ1v) is 9.71. The van der Waals surface area contributed by atoms with Gasteiger partial charge in [0.15, 0.2) is 5.78 Å². The average Bonchev–Trinajstić information content (AvgIpc) is 2.60. The van der Waals surface area contributed by atoms with Crippen molar-refractivity contribution in [2.45, 2.75) is 32.6 Å². The molecule has 0 aromatic heterocycles. The minimum atomic E-state index is -3.93. The Bertz CT molecular complexity index is 1000. The Kier molecular flexibility index (Phi) is 5.87. The number of hydrogen-bond acceptors (Lipinski definition) is 5. The van der Waals surface area contributed by atoms with Crippen molar-refractivity contribution in [3.63, 3.8) is 0 Å². The molecule has 0 fully saturated rings. The maximum atomic E-state index is 12.3. The number of rotatable bonds is 5. The highest BCUT2D eigenvalue weighted by Gasteiger charge is 2.25. The Morgan fingerprint density at radius 3 is 2.07 bits per heavy atom. The van der Waals surface area contributed by atoms with Crippen molar-refractivity contribution in [2.24, 2.45) is 5.41 Å². The normalized spacial score (nSPS) is 12.3. The van der Waals surface area contributed by atoms with Gasteiger partial charge in [-0.25, -0.2) is 0 Å². The Balaban J connectivity index is 2.22. The van der Waals surface area contributed by atoms with E-state index >= 15 is 0 Å². The molecule has 0 saturated carbocycles. The van der Waals surface area contributed by atoms with Crippen LogP contribution in [-0.2, 0) is 14.9 Å². The second kappa shape index (κ2) is 7.77. The van der Waals surface area contributed by atoms with Gasteiger partial charge in [-0.15, -0.1) is 0 Å². The number of carbonyl (C=O) groups is 1. The summed E-state index contributed by atoms with van der Waals surface area (Å²) in [6.07, 6.45) is 1.48. The summed E-state index contributed by atoms with van der Waals surface area (Å²) >= 11 is 0. The van der Waals surface area contributed by atoms with E-state index in [1.807, 2.05) is 13.0 Å². The van der Waals surface area contributed by atoms with Gasteiger partial charge in [-0.3, -0.25) is 4.79 Å². The number of Topliss-reactive ketones (excluding diaryl/α,β-unsaturated/α-hetero) is 1. The topological polar surface area (TPSA) is 84.2 Å². The molecule has 0 radical (unpaired) electrons. The molecule has 0 unspecified atom stereocenters. The van der Waals surface area contributed by atoms with Crippen LogP contribution in [0.5, 0.6) is 5.75 Å². The van der Waals surface area contributed by atoms with Crippen LogP contribution in [0.25, 0.3) is 6.08 Å². The highest BCUT2D eigenvalue weighted by atomic mass is 32.2. The molecule has 2 aromatic rings. The summed E-state index contributed by atoms with van der Waals surface area (Å²) in [7, 11) is -3.93. The lowest BCUT2D eigenvalue weighted by atomic mass is 9.86. The molecule has 0 heterocycles. The summed E-state index contributed by atoms with van der Waals surface area (Å²) in [6, 6.07) is 14.4. The summed E-state index contributed by atoms with van der Waals surface area (Å²) in [5.74, 6) is -0.111. The lowest BCUT2D eigenvalue weighted by molar-refractivity contribution is -0.121. The number of aryl methyl sites for hydroxylation is 1. The molecule has 5 nitrogen and oxygen atoms in total. The monoisotopic (exact) mass is 383 g/mol. The molecule has 140 valence electrons. The molecule has 0 aliphatic carbocycles. The summed E-state index contributed by atoms with van der Waals surface area (Å²) in [5.41, 5.74) is 0.933. The highest BCUT2D eigenvalue weighted by molar-refractivity contribution is 7.87. The number of benzene rings is 2. The third-order valence-electron chi connectivity index (χ3n) is 3.75. The van der Waals surface area contributed by atoms with Gasteiger partial charge in [0.2, 0.25) is 0 Å². The number of allylic oxidation sites excluding steroid dienone is 1. The van der Waals surface area contributed by atoms with E-state index in [1.165, 1.54) is 30.3 Å². The molecule has 0 aliphatic rings. The summed E-state index contributed by atoms with van der Waals surface area (Å²) < 4.78 is 29.7. The molecule has 0 aliphatic heterocycles. The number of nitriles is 1. The van der Waals surface area contributed by atoms with Crippen LogP contribution in [0.1, 0.15) is 31.9 Å². The number of carbonyl (C=O) groups excluding carboxylic acids is 1. The van der Waals surface area contributed by atoms with E-state index in [0.29, 0.717) is 5.56 Å². The van der Waals surface area contributed by atoms with Gasteiger partial charge < -0.3 is 4.18 Å². The molecule has 0 amide bonds. The third-order valence-corrected chi connectivity index (χ3v) is 5.01. The van der Waals surface area contributed by atoms with E-state index in [-0.39, 0.29) is 22.0 Å². The zero-order chi connectivity index (χ0) is 20.2. The van der Waals surface area contributed by atoms with Crippen molar-refractivity contribution in [3.8, 4) is 11.8 Å². The summed E-state index contributed by atoms with van der Waals surface area (Å²) in [5, 5.41) is 9.23.